The lowest BCUT2D eigenvalue weighted by atomic mass is 10.00. The normalized spacial score (nSPS) is 11.2. The number of nitrogens with zero attached hydrogens (tertiary/aromatic N) is 2. The van der Waals surface area contributed by atoms with Crippen LogP contribution in [0.2, 0.25) is 5.02 Å². The number of aromatic nitrogens is 2. The van der Waals surface area contributed by atoms with E-state index in [9.17, 15) is 19.5 Å². The summed E-state index contributed by atoms with van der Waals surface area (Å²) in [6, 6.07) is 6.30. The molecule has 4 aromatic rings. The van der Waals surface area contributed by atoms with Crippen molar-refractivity contribution in [2.24, 2.45) is 0 Å². The highest BCUT2D eigenvalue weighted by Gasteiger charge is 2.31. The molecule has 0 atom stereocenters. The number of carbonyl (C=O) groups is 2. The minimum atomic E-state index is -0.936. The fraction of sp³-hybridized carbons (Fsp3) is 0.190. The Labute approximate surface area is 189 Å². The number of carbonyl (C=O) groups excluding carboxylic acids is 2. The molecule has 0 bridgehead atoms. The molecular formula is C21H16ClN3O6S. The fourth-order valence-corrected chi connectivity index (χ4v) is 4.57. The van der Waals surface area contributed by atoms with Crippen molar-refractivity contribution in [2.75, 3.05) is 13.2 Å². The molecular weight excluding hydrogens is 458 g/mol. The number of thiophene rings is 1. The van der Waals surface area contributed by atoms with E-state index < -0.39 is 27.9 Å². The van der Waals surface area contributed by atoms with E-state index in [4.69, 9.17) is 26.5 Å². The Hall–Kier alpha value is -3.50. The quantitative estimate of drug-likeness (QED) is 0.425. The first-order valence-corrected chi connectivity index (χ1v) is 10.7. The molecule has 0 amide bonds. The van der Waals surface area contributed by atoms with Gasteiger partial charge in [-0.3, -0.25) is 10.2 Å². The van der Waals surface area contributed by atoms with Gasteiger partial charge < -0.3 is 14.6 Å². The Morgan fingerprint density at radius 1 is 1.09 bits per heavy atom. The molecule has 2 N–H and O–H groups in total. The second-order valence-corrected chi connectivity index (χ2v) is 8.01. The Bertz CT molecular complexity index is 1490. The molecule has 0 unspecified atom stereocenters. The molecule has 32 heavy (non-hydrogen) atoms. The zero-order chi connectivity index (χ0) is 23.2. The van der Waals surface area contributed by atoms with Gasteiger partial charge >= 0.3 is 11.9 Å². The highest BCUT2D eigenvalue weighted by atomic mass is 35.5. The molecule has 0 saturated heterocycles. The van der Waals surface area contributed by atoms with Crippen LogP contribution in [0.25, 0.3) is 26.7 Å². The van der Waals surface area contributed by atoms with Crippen molar-refractivity contribution < 1.29 is 24.2 Å². The van der Waals surface area contributed by atoms with Gasteiger partial charge in [0.25, 0.3) is 4.74 Å². The predicted octanol–water partition coefficient (Wildman–Crippen LogP) is 3.23. The summed E-state index contributed by atoms with van der Waals surface area (Å²) in [5.41, 5.74) is -0.305. The molecule has 0 aliphatic carbocycles. The summed E-state index contributed by atoms with van der Waals surface area (Å²) in [6.45, 7) is 3.19. The van der Waals surface area contributed by atoms with Crippen molar-refractivity contribution in [2.45, 2.75) is 13.8 Å². The van der Waals surface area contributed by atoms with Gasteiger partial charge in [-0.15, -0.1) is 0 Å². The van der Waals surface area contributed by atoms with E-state index in [-0.39, 0.29) is 45.3 Å². The van der Waals surface area contributed by atoms with E-state index >= 15 is 0 Å². The first kappa shape index (κ1) is 21.7. The van der Waals surface area contributed by atoms with Crippen molar-refractivity contribution in [3.05, 3.63) is 55.3 Å². The van der Waals surface area contributed by atoms with E-state index in [0.29, 0.717) is 22.0 Å². The molecule has 0 fully saturated rings. The van der Waals surface area contributed by atoms with E-state index in [2.05, 4.69) is 5.10 Å². The van der Waals surface area contributed by atoms with Gasteiger partial charge in [0.2, 0.25) is 5.88 Å². The summed E-state index contributed by atoms with van der Waals surface area (Å²) in [5.74, 6) is -2.29. The standard InChI is InChI=1S/C21H16ClN3O6S/c1-3-30-19(27)12-14(20(28)31-4-2)17-13-11(15(12)23)18(26)25(24-16(13)21(29)32-17)10-7-5-9(22)6-8-10/h5-8,23,26H,3-4H2,1-2H3. The summed E-state index contributed by atoms with van der Waals surface area (Å²) in [4.78, 5) is 38.3. The van der Waals surface area contributed by atoms with Gasteiger partial charge in [0, 0.05) is 10.4 Å². The van der Waals surface area contributed by atoms with Gasteiger partial charge in [0.15, 0.2) is 5.52 Å². The van der Waals surface area contributed by atoms with Crippen LogP contribution in [-0.4, -0.2) is 40.0 Å². The summed E-state index contributed by atoms with van der Waals surface area (Å²) in [5, 5.41) is 24.0. The molecule has 11 heteroatoms. The highest BCUT2D eigenvalue weighted by molar-refractivity contribution is 7.18. The van der Waals surface area contributed by atoms with Crippen LogP contribution >= 0.6 is 22.9 Å². The zero-order valence-corrected chi connectivity index (χ0v) is 18.5. The monoisotopic (exact) mass is 473 g/mol. The minimum absolute atomic E-state index is 0.00165. The van der Waals surface area contributed by atoms with E-state index in [1.165, 1.54) is 0 Å². The van der Waals surface area contributed by atoms with Gasteiger partial charge in [-0.25, -0.2) is 9.59 Å². The molecule has 0 radical (unpaired) electrons. The van der Waals surface area contributed by atoms with Gasteiger partial charge in [0.05, 0.1) is 39.9 Å². The van der Waals surface area contributed by atoms with Gasteiger partial charge in [0.1, 0.15) is 5.56 Å². The molecule has 9 nitrogen and oxygen atoms in total. The van der Waals surface area contributed by atoms with Crippen LogP contribution in [0.4, 0.5) is 0 Å². The maximum absolute atomic E-state index is 12.8. The van der Waals surface area contributed by atoms with Crippen LogP contribution in [0, 0.1) is 5.41 Å². The first-order chi connectivity index (χ1) is 15.3. The fourth-order valence-electron chi connectivity index (χ4n) is 3.43. The molecule has 0 spiro atoms. The maximum Gasteiger partial charge on any atom is 0.341 e. The number of aromatic hydroxyl groups is 1. The number of hydrogen-bond donors (Lipinski definition) is 2. The second kappa shape index (κ2) is 8.21. The number of nitrogens with one attached hydrogen (secondary N) is 1. The zero-order valence-electron chi connectivity index (χ0n) is 16.9. The maximum atomic E-state index is 12.8. The van der Waals surface area contributed by atoms with Crippen LogP contribution in [0.5, 0.6) is 5.88 Å². The lowest BCUT2D eigenvalue weighted by Gasteiger charge is -2.15. The lowest BCUT2D eigenvalue weighted by molar-refractivity contribution is 0.0479. The number of esters is 2. The molecule has 2 heterocycles. The van der Waals surface area contributed by atoms with E-state index in [1.54, 1.807) is 38.1 Å². The molecule has 0 aliphatic rings. The molecule has 0 aliphatic heterocycles. The van der Waals surface area contributed by atoms with Gasteiger partial charge in [-0.1, -0.05) is 22.9 Å². The van der Waals surface area contributed by atoms with Crippen molar-refractivity contribution in [1.82, 2.24) is 9.78 Å². The van der Waals surface area contributed by atoms with Crippen molar-refractivity contribution in [3.8, 4) is 11.6 Å². The van der Waals surface area contributed by atoms with Crippen LogP contribution < -0.4 is 10.1 Å². The summed E-state index contributed by atoms with van der Waals surface area (Å²) < 4.78 is 10.8. The van der Waals surface area contributed by atoms with Crippen LogP contribution in [0.3, 0.4) is 0 Å². The Kier molecular flexibility index (Phi) is 5.57. The third-order valence-electron chi connectivity index (χ3n) is 4.73. The number of halogens is 1. The van der Waals surface area contributed by atoms with E-state index in [0.717, 1.165) is 4.68 Å². The van der Waals surface area contributed by atoms with E-state index in [1.807, 2.05) is 0 Å². The Morgan fingerprint density at radius 2 is 1.69 bits per heavy atom. The third-order valence-corrected chi connectivity index (χ3v) is 5.98. The average Bonchev–Trinajstić information content (AvgIpc) is 3.07. The number of rotatable bonds is 5. The largest absolute Gasteiger partial charge is 0.493 e. The van der Waals surface area contributed by atoms with Crippen molar-refractivity contribution in [3.63, 3.8) is 0 Å². The molecule has 164 valence electrons. The van der Waals surface area contributed by atoms with Crippen LogP contribution in [0.15, 0.2) is 29.1 Å². The second-order valence-electron chi connectivity index (χ2n) is 6.60. The molecule has 0 saturated carbocycles. The lowest BCUT2D eigenvalue weighted by Crippen LogP contribution is -2.24. The minimum Gasteiger partial charge on any atom is -0.493 e. The number of hydrogen-bond acceptors (Lipinski definition) is 9. The SMILES string of the molecule is CCOC(=O)c1c(C(=O)OCC)c2sc(=O)c3nn(-c4ccc(Cl)cc4)c(O)c(c1=N)c23. The first-order valence-electron chi connectivity index (χ1n) is 9.53. The Balaban J connectivity index is 2.20. The van der Waals surface area contributed by atoms with Crippen LogP contribution in [-0.2, 0) is 9.47 Å². The highest BCUT2D eigenvalue weighted by Crippen LogP contribution is 2.36. The van der Waals surface area contributed by atoms with Gasteiger partial charge in [-0.2, -0.15) is 9.78 Å². The van der Waals surface area contributed by atoms with Crippen molar-refractivity contribution >= 4 is 55.9 Å². The topological polar surface area (TPSA) is 132 Å². The van der Waals surface area contributed by atoms with Crippen molar-refractivity contribution in [1.29, 1.82) is 5.41 Å². The molecule has 2 aromatic heterocycles. The van der Waals surface area contributed by atoms with Gasteiger partial charge in [-0.05, 0) is 38.1 Å². The predicted molar refractivity (Wildman–Crippen MR) is 118 cm³/mol. The van der Waals surface area contributed by atoms with Crippen LogP contribution in [0.1, 0.15) is 34.6 Å². The average molecular weight is 474 g/mol. The summed E-state index contributed by atoms with van der Waals surface area (Å²) in [7, 11) is 0. The third kappa shape index (κ3) is 3.28. The smallest absolute Gasteiger partial charge is 0.341 e. The summed E-state index contributed by atoms with van der Waals surface area (Å²) in [6.07, 6.45) is 0. The molecule has 2 aromatic carbocycles. The number of ether oxygens (including phenoxy) is 2. The Morgan fingerprint density at radius 3 is 2.28 bits per heavy atom. The molecule has 4 rings (SSSR count). The number of benzene rings is 2. The summed E-state index contributed by atoms with van der Waals surface area (Å²) >= 11 is 6.62.